The van der Waals surface area contributed by atoms with Crippen molar-refractivity contribution < 1.29 is 15.0 Å². The third kappa shape index (κ3) is 2.91. The number of carbonyl (C=O) groups excluding carboxylic acids is 1. The lowest BCUT2D eigenvalue weighted by molar-refractivity contribution is 0.0746. The fourth-order valence-corrected chi connectivity index (χ4v) is 2.04. The van der Waals surface area contributed by atoms with E-state index in [1.54, 1.807) is 4.90 Å². The number of aromatic hydroxyl groups is 2. The number of carbonyl (C=O) groups is 1. The van der Waals surface area contributed by atoms with Crippen LogP contribution in [0.3, 0.4) is 0 Å². The van der Waals surface area contributed by atoms with Crippen molar-refractivity contribution in [3.63, 3.8) is 0 Å². The predicted molar refractivity (Wildman–Crippen MR) is 76.6 cm³/mol. The molecule has 1 amide bonds. The molecule has 0 saturated carbocycles. The van der Waals surface area contributed by atoms with Gasteiger partial charge in [-0.15, -0.1) is 0 Å². The van der Waals surface area contributed by atoms with Gasteiger partial charge in [-0.3, -0.25) is 4.79 Å². The van der Waals surface area contributed by atoms with Crippen molar-refractivity contribution in [2.24, 2.45) is 0 Å². The van der Waals surface area contributed by atoms with Crippen LogP contribution in [0.25, 0.3) is 0 Å². The van der Waals surface area contributed by atoms with Crippen LogP contribution in [0.15, 0.2) is 48.5 Å². The van der Waals surface area contributed by atoms with E-state index in [0.29, 0.717) is 13.1 Å². The van der Waals surface area contributed by atoms with Crippen LogP contribution >= 0.6 is 0 Å². The molecule has 0 aliphatic carbocycles. The number of phenolic OH excluding ortho intramolecular Hbond substituents is 2. The normalized spacial score (nSPS) is 10.2. The van der Waals surface area contributed by atoms with Crippen LogP contribution < -0.4 is 0 Å². The van der Waals surface area contributed by atoms with Crippen LogP contribution in [0.1, 0.15) is 22.8 Å². The van der Waals surface area contributed by atoms with E-state index in [-0.39, 0.29) is 23.0 Å². The van der Waals surface area contributed by atoms with E-state index < -0.39 is 0 Å². The lowest BCUT2D eigenvalue weighted by atomic mass is 10.1. The Hall–Kier alpha value is -2.49. The maximum absolute atomic E-state index is 12.4. The molecule has 2 rings (SSSR count). The first-order chi connectivity index (χ1) is 9.63. The van der Waals surface area contributed by atoms with Gasteiger partial charge in [0.1, 0.15) is 17.1 Å². The van der Waals surface area contributed by atoms with Gasteiger partial charge in [0.15, 0.2) is 0 Å². The molecular weight excluding hydrogens is 254 g/mol. The van der Waals surface area contributed by atoms with Crippen molar-refractivity contribution >= 4 is 5.91 Å². The van der Waals surface area contributed by atoms with Gasteiger partial charge < -0.3 is 15.1 Å². The first kappa shape index (κ1) is 13.9. The Morgan fingerprint density at radius 2 is 1.60 bits per heavy atom. The largest absolute Gasteiger partial charge is 0.507 e. The highest BCUT2D eigenvalue weighted by molar-refractivity contribution is 5.99. The Labute approximate surface area is 117 Å². The molecule has 0 fully saturated rings. The Morgan fingerprint density at radius 3 is 2.15 bits per heavy atom. The zero-order chi connectivity index (χ0) is 14.5. The topological polar surface area (TPSA) is 60.8 Å². The molecule has 0 aliphatic heterocycles. The van der Waals surface area contributed by atoms with Crippen molar-refractivity contribution in [1.29, 1.82) is 0 Å². The zero-order valence-electron chi connectivity index (χ0n) is 11.3. The fourth-order valence-electron chi connectivity index (χ4n) is 2.04. The van der Waals surface area contributed by atoms with E-state index in [0.717, 1.165) is 5.56 Å². The predicted octanol–water partition coefficient (Wildman–Crippen LogP) is 2.76. The Morgan fingerprint density at radius 1 is 1.00 bits per heavy atom. The highest BCUT2D eigenvalue weighted by Crippen LogP contribution is 2.28. The van der Waals surface area contributed by atoms with Gasteiger partial charge >= 0.3 is 0 Å². The molecule has 20 heavy (non-hydrogen) atoms. The number of benzene rings is 2. The third-order valence-electron chi connectivity index (χ3n) is 3.12. The average Bonchev–Trinajstić information content (AvgIpc) is 2.45. The van der Waals surface area contributed by atoms with Gasteiger partial charge in [-0.25, -0.2) is 0 Å². The van der Waals surface area contributed by atoms with Crippen LogP contribution in [-0.4, -0.2) is 27.6 Å². The second kappa shape index (κ2) is 6.10. The average molecular weight is 271 g/mol. The van der Waals surface area contributed by atoms with Crippen molar-refractivity contribution in [3.8, 4) is 11.5 Å². The monoisotopic (exact) mass is 271 g/mol. The minimum atomic E-state index is -0.382. The molecular formula is C16H17NO3. The summed E-state index contributed by atoms with van der Waals surface area (Å²) in [6.07, 6.45) is 0. The van der Waals surface area contributed by atoms with E-state index in [4.69, 9.17) is 0 Å². The molecule has 0 saturated heterocycles. The molecule has 4 heteroatoms. The summed E-state index contributed by atoms with van der Waals surface area (Å²) in [5.74, 6) is -0.796. The third-order valence-corrected chi connectivity index (χ3v) is 3.12. The summed E-state index contributed by atoms with van der Waals surface area (Å²) in [7, 11) is 0. The number of phenols is 2. The second-order valence-electron chi connectivity index (χ2n) is 4.48. The minimum absolute atomic E-state index is 0.0507. The molecule has 2 aromatic rings. The summed E-state index contributed by atoms with van der Waals surface area (Å²) >= 11 is 0. The molecule has 0 atom stereocenters. The highest BCUT2D eigenvalue weighted by Gasteiger charge is 2.21. The Bertz CT molecular complexity index is 576. The molecule has 4 nitrogen and oxygen atoms in total. The molecule has 0 heterocycles. The van der Waals surface area contributed by atoms with Gasteiger partial charge in [0.25, 0.3) is 5.91 Å². The number of hydrogen-bond acceptors (Lipinski definition) is 3. The molecule has 0 aromatic heterocycles. The summed E-state index contributed by atoms with van der Waals surface area (Å²) in [4.78, 5) is 14.0. The SMILES string of the molecule is CCN(Cc1ccccc1)C(=O)c1c(O)cccc1O. The van der Waals surface area contributed by atoms with E-state index in [1.165, 1.54) is 18.2 Å². The fraction of sp³-hybridized carbons (Fsp3) is 0.188. The van der Waals surface area contributed by atoms with E-state index in [2.05, 4.69) is 0 Å². The summed E-state index contributed by atoms with van der Waals surface area (Å²) in [6.45, 7) is 2.78. The van der Waals surface area contributed by atoms with Crippen LogP contribution in [0.4, 0.5) is 0 Å². The molecule has 0 unspecified atom stereocenters. The maximum atomic E-state index is 12.4. The van der Waals surface area contributed by atoms with Crippen LogP contribution in [0, 0.1) is 0 Å². The van der Waals surface area contributed by atoms with Gasteiger partial charge in [0.2, 0.25) is 0 Å². The molecule has 0 aliphatic rings. The molecule has 0 bridgehead atoms. The molecule has 0 radical (unpaired) electrons. The van der Waals surface area contributed by atoms with Crippen molar-refractivity contribution in [2.45, 2.75) is 13.5 Å². The first-order valence-electron chi connectivity index (χ1n) is 6.47. The van der Waals surface area contributed by atoms with Gasteiger partial charge in [0.05, 0.1) is 0 Å². The summed E-state index contributed by atoms with van der Waals surface area (Å²) in [6, 6.07) is 13.9. The highest BCUT2D eigenvalue weighted by atomic mass is 16.3. The first-order valence-corrected chi connectivity index (χ1v) is 6.47. The summed E-state index contributed by atoms with van der Waals surface area (Å²) < 4.78 is 0. The van der Waals surface area contributed by atoms with Crippen LogP contribution in [-0.2, 0) is 6.54 Å². The quantitative estimate of drug-likeness (QED) is 0.899. The van der Waals surface area contributed by atoms with Crippen molar-refractivity contribution in [2.75, 3.05) is 6.54 Å². The lowest BCUT2D eigenvalue weighted by Gasteiger charge is -2.22. The number of amides is 1. The molecule has 0 spiro atoms. The van der Waals surface area contributed by atoms with E-state index in [9.17, 15) is 15.0 Å². The minimum Gasteiger partial charge on any atom is -0.507 e. The van der Waals surface area contributed by atoms with Crippen LogP contribution in [0.5, 0.6) is 11.5 Å². The molecule has 2 aromatic carbocycles. The van der Waals surface area contributed by atoms with E-state index >= 15 is 0 Å². The van der Waals surface area contributed by atoms with Gasteiger partial charge in [-0.2, -0.15) is 0 Å². The zero-order valence-corrected chi connectivity index (χ0v) is 11.3. The Balaban J connectivity index is 2.26. The summed E-state index contributed by atoms with van der Waals surface area (Å²) in [5, 5.41) is 19.5. The van der Waals surface area contributed by atoms with Gasteiger partial charge in [-0.05, 0) is 24.6 Å². The van der Waals surface area contributed by atoms with Crippen molar-refractivity contribution in [1.82, 2.24) is 4.90 Å². The van der Waals surface area contributed by atoms with E-state index in [1.807, 2.05) is 37.3 Å². The molecule has 104 valence electrons. The lowest BCUT2D eigenvalue weighted by Crippen LogP contribution is -2.30. The van der Waals surface area contributed by atoms with Crippen LogP contribution in [0.2, 0.25) is 0 Å². The molecule has 2 N–H and O–H groups in total. The Kier molecular flexibility index (Phi) is 4.25. The van der Waals surface area contributed by atoms with Gasteiger partial charge in [-0.1, -0.05) is 36.4 Å². The van der Waals surface area contributed by atoms with Crippen molar-refractivity contribution in [3.05, 3.63) is 59.7 Å². The standard InChI is InChI=1S/C16H17NO3/c1-2-17(11-12-7-4-3-5-8-12)16(20)15-13(18)9-6-10-14(15)19/h3-10,18-19H,2,11H2,1H3. The number of rotatable bonds is 4. The maximum Gasteiger partial charge on any atom is 0.261 e. The number of nitrogens with zero attached hydrogens (tertiary/aromatic N) is 1. The smallest absolute Gasteiger partial charge is 0.261 e. The van der Waals surface area contributed by atoms with Gasteiger partial charge in [0, 0.05) is 13.1 Å². The summed E-state index contributed by atoms with van der Waals surface area (Å²) in [5.41, 5.74) is 0.947. The number of hydrogen-bond donors (Lipinski definition) is 2. The second-order valence-corrected chi connectivity index (χ2v) is 4.48.